The summed E-state index contributed by atoms with van der Waals surface area (Å²) < 4.78 is 20.9. The summed E-state index contributed by atoms with van der Waals surface area (Å²) >= 11 is 8.09. The molecule has 38 heavy (non-hydrogen) atoms. The van der Waals surface area contributed by atoms with Gasteiger partial charge in [0, 0.05) is 22.3 Å². The van der Waals surface area contributed by atoms with Gasteiger partial charge in [-0.2, -0.15) is 5.10 Å². The topological polar surface area (TPSA) is 105 Å². The Balaban J connectivity index is 1.26. The highest BCUT2D eigenvalue weighted by Gasteiger charge is 2.26. The van der Waals surface area contributed by atoms with Gasteiger partial charge in [0.05, 0.1) is 35.4 Å². The van der Waals surface area contributed by atoms with Crippen molar-refractivity contribution in [2.24, 2.45) is 0 Å². The zero-order chi connectivity index (χ0) is 26.2. The number of aromatic nitrogens is 4. The fourth-order valence-electron chi connectivity index (χ4n) is 4.61. The van der Waals surface area contributed by atoms with Crippen LogP contribution in [0.3, 0.4) is 0 Å². The van der Waals surface area contributed by atoms with Gasteiger partial charge in [-0.1, -0.05) is 23.7 Å². The predicted octanol–water partition coefficient (Wildman–Crippen LogP) is 5.12. The van der Waals surface area contributed by atoms with Gasteiger partial charge in [-0.3, -0.25) is 4.68 Å². The van der Waals surface area contributed by atoms with Crippen LogP contribution in [0, 0.1) is 5.82 Å². The van der Waals surface area contributed by atoms with Crippen molar-refractivity contribution in [1.82, 2.24) is 19.7 Å². The lowest BCUT2D eigenvalue weighted by Gasteiger charge is -2.13. The van der Waals surface area contributed by atoms with Crippen molar-refractivity contribution in [3.05, 3.63) is 82.6 Å². The van der Waals surface area contributed by atoms with Crippen LogP contribution in [0.1, 0.15) is 16.8 Å². The van der Waals surface area contributed by atoms with Crippen LogP contribution in [0.4, 0.5) is 15.9 Å². The van der Waals surface area contributed by atoms with E-state index >= 15 is 0 Å². The van der Waals surface area contributed by atoms with Crippen LogP contribution in [0.15, 0.2) is 55.0 Å². The van der Waals surface area contributed by atoms with E-state index in [4.69, 9.17) is 16.3 Å². The van der Waals surface area contributed by atoms with Gasteiger partial charge in [0.15, 0.2) is 0 Å². The molecule has 1 aliphatic carbocycles. The van der Waals surface area contributed by atoms with E-state index in [0.29, 0.717) is 22.2 Å². The quantitative estimate of drug-likeness (QED) is 0.246. The molecule has 1 unspecified atom stereocenters. The summed E-state index contributed by atoms with van der Waals surface area (Å²) in [4.78, 5) is 11.0. The molecule has 3 heterocycles. The lowest BCUT2D eigenvalue weighted by molar-refractivity contribution is 0.0782. The van der Waals surface area contributed by atoms with Crippen molar-refractivity contribution in [2.45, 2.75) is 32.1 Å². The molecule has 0 radical (unpaired) electrons. The van der Waals surface area contributed by atoms with Crippen LogP contribution in [0.25, 0.3) is 20.7 Å². The average molecular weight is 552 g/mol. The minimum atomic E-state index is -0.857. The Bertz CT molecular complexity index is 1640. The van der Waals surface area contributed by atoms with Crippen LogP contribution in [0.2, 0.25) is 5.02 Å². The third-order valence-electron chi connectivity index (χ3n) is 6.37. The standard InChI is InChI=1S/C27H23ClFN5O3S/c28-21-9-17(4-7-23(21)37-13-15-2-1-3-16(29)8-15)32-26-24-19-5-6-22-20(11-34(33-22)10-18(36)12-35)25(19)38-27(24)31-14-30-26/h1-4,7-9,11,14,18,35-36H,5-6,10,12-13H2,(H,30,31,32). The number of nitrogens with one attached hydrogen (secondary N) is 1. The second kappa shape index (κ2) is 10.3. The predicted molar refractivity (Wildman–Crippen MR) is 145 cm³/mol. The molecule has 11 heteroatoms. The molecule has 3 aromatic heterocycles. The third-order valence-corrected chi connectivity index (χ3v) is 7.84. The van der Waals surface area contributed by atoms with Crippen molar-refractivity contribution in [3.8, 4) is 16.2 Å². The van der Waals surface area contributed by atoms with E-state index in [1.165, 1.54) is 18.5 Å². The number of thiophene rings is 1. The molecule has 8 nitrogen and oxygen atoms in total. The number of fused-ring (bicyclic) bond motifs is 5. The molecular formula is C27H23ClFN5O3S. The maximum atomic E-state index is 13.4. The van der Waals surface area contributed by atoms with Gasteiger partial charge in [0.2, 0.25) is 0 Å². The fourth-order valence-corrected chi connectivity index (χ4v) is 6.07. The van der Waals surface area contributed by atoms with Crippen molar-refractivity contribution < 1.29 is 19.3 Å². The number of nitrogens with zero attached hydrogens (tertiary/aromatic N) is 4. The van der Waals surface area contributed by atoms with Gasteiger partial charge in [0.25, 0.3) is 0 Å². The Morgan fingerprint density at radius 3 is 2.89 bits per heavy atom. The van der Waals surface area contributed by atoms with E-state index in [-0.39, 0.29) is 25.6 Å². The second-order valence-electron chi connectivity index (χ2n) is 9.05. The van der Waals surface area contributed by atoms with Crippen molar-refractivity contribution >= 4 is 44.7 Å². The van der Waals surface area contributed by atoms with E-state index < -0.39 is 6.10 Å². The molecule has 6 rings (SSSR count). The smallest absolute Gasteiger partial charge is 0.142 e. The monoisotopic (exact) mass is 551 g/mol. The molecule has 0 aliphatic heterocycles. The SMILES string of the molecule is OCC(O)Cn1cc2c(n1)CCc1c-2sc2ncnc(Nc3ccc(OCc4cccc(F)c4)c(Cl)c3)c12. The van der Waals surface area contributed by atoms with E-state index in [1.54, 1.807) is 40.3 Å². The van der Waals surface area contributed by atoms with E-state index in [9.17, 15) is 14.6 Å². The molecule has 0 saturated carbocycles. The molecule has 0 fully saturated rings. The number of anilines is 2. The van der Waals surface area contributed by atoms with Crippen LogP contribution in [-0.4, -0.2) is 42.7 Å². The third kappa shape index (κ3) is 4.83. The molecule has 0 bridgehead atoms. The molecule has 0 spiro atoms. The average Bonchev–Trinajstić information content (AvgIpc) is 3.49. The first-order valence-corrected chi connectivity index (χ1v) is 13.2. The van der Waals surface area contributed by atoms with Crippen LogP contribution < -0.4 is 10.1 Å². The Morgan fingerprint density at radius 2 is 2.08 bits per heavy atom. The van der Waals surface area contributed by atoms with E-state index in [1.807, 2.05) is 12.3 Å². The molecular weight excluding hydrogens is 529 g/mol. The molecule has 0 saturated heterocycles. The zero-order valence-corrected chi connectivity index (χ0v) is 21.6. The first-order valence-electron chi connectivity index (χ1n) is 12.0. The molecule has 5 aromatic rings. The largest absolute Gasteiger partial charge is 0.487 e. The van der Waals surface area contributed by atoms with Gasteiger partial charge >= 0.3 is 0 Å². The molecule has 1 atom stereocenters. The molecule has 194 valence electrons. The molecule has 3 N–H and O–H groups in total. The number of halogens is 2. The summed E-state index contributed by atoms with van der Waals surface area (Å²) in [7, 11) is 0. The van der Waals surface area contributed by atoms with Gasteiger partial charge < -0.3 is 20.3 Å². The van der Waals surface area contributed by atoms with Crippen molar-refractivity contribution in [3.63, 3.8) is 0 Å². The maximum absolute atomic E-state index is 13.4. The van der Waals surface area contributed by atoms with Gasteiger partial charge in [0.1, 0.15) is 35.1 Å². The molecule has 1 aliphatic rings. The van der Waals surface area contributed by atoms with Crippen LogP contribution >= 0.6 is 22.9 Å². The normalized spacial score (nSPS) is 13.3. The van der Waals surface area contributed by atoms with Gasteiger partial charge in [-0.15, -0.1) is 11.3 Å². The number of rotatable bonds is 8. The van der Waals surface area contributed by atoms with E-state index in [2.05, 4.69) is 20.4 Å². The lowest BCUT2D eigenvalue weighted by atomic mass is 9.95. The number of benzene rings is 2. The summed E-state index contributed by atoms with van der Waals surface area (Å²) in [6, 6.07) is 11.6. The number of hydrogen-bond donors (Lipinski definition) is 3. The highest BCUT2D eigenvalue weighted by molar-refractivity contribution is 7.22. The summed E-state index contributed by atoms with van der Waals surface area (Å²) in [5, 5.41) is 28.4. The number of aliphatic hydroxyl groups excluding tert-OH is 2. The Morgan fingerprint density at radius 1 is 1.18 bits per heavy atom. The number of hydrogen-bond acceptors (Lipinski definition) is 8. The van der Waals surface area contributed by atoms with Crippen molar-refractivity contribution in [1.29, 1.82) is 0 Å². The van der Waals surface area contributed by atoms with Crippen LogP contribution in [-0.2, 0) is 26.0 Å². The zero-order valence-electron chi connectivity index (χ0n) is 20.1. The molecule has 2 aromatic carbocycles. The number of aryl methyl sites for hydroxylation is 2. The highest BCUT2D eigenvalue weighted by Crippen LogP contribution is 2.45. The molecule has 0 amide bonds. The van der Waals surface area contributed by atoms with E-state index in [0.717, 1.165) is 50.4 Å². The fraction of sp³-hybridized carbons (Fsp3) is 0.222. The van der Waals surface area contributed by atoms with Gasteiger partial charge in [-0.05, 0) is 54.3 Å². The minimum Gasteiger partial charge on any atom is -0.487 e. The first kappa shape index (κ1) is 24.7. The number of aliphatic hydroxyl groups is 2. The second-order valence-corrected chi connectivity index (χ2v) is 10.5. The maximum Gasteiger partial charge on any atom is 0.142 e. The highest BCUT2D eigenvalue weighted by atomic mass is 35.5. The van der Waals surface area contributed by atoms with Crippen molar-refractivity contribution in [2.75, 3.05) is 11.9 Å². The summed E-state index contributed by atoms with van der Waals surface area (Å²) in [6.45, 7) is 0.127. The summed E-state index contributed by atoms with van der Waals surface area (Å²) in [6.07, 6.45) is 4.15. The number of ether oxygens (including phenoxy) is 1. The minimum absolute atomic E-state index is 0.204. The summed E-state index contributed by atoms with van der Waals surface area (Å²) in [5.74, 6) is 0.871. The Labute approximate surface area is 226 Å². The Hall–Kier alpha value is -3.57. The van der Waals surface area contributed by atoms with Gasteiger partial charge in [-0.25, -0.2) is 14.4 Å². The first-order chi connectivity index (χ1) is 18.5. The Kier molecular flexibility index (Phi) is 6.71. The summed E-state index contributed by atoms with van der Waals surface area (Å²) in [5.41, 5.74) is 4.61. The van der Waals surface area contributed by atoms with Crippen LogP contribution in [0.5, 0.6) is 5.75 Å². The lowest BCUT2D eigenvalue weighted by Crippen LogP contribution is -2.20.